The molecule has 1 N–H and O–H groups in total. The van der Waals surface area contributed by atoms with Crippen molar-refractivity contribution in [1.29, 1.82) is 0 Å². The molecule has 24 heavy (non-hydrogen) atoms. The van der Waals surface area contributed by atoms with Gasteiger partial charge < -0.3 is 4.74 Å². The van der Waals surface area contributed by atoms with E-state index in [4.69, 9.17) is 4.74 Å². The Balaban J connectivity index is 1.65. The van der Waals surface area contributed by atoms with Crippen LogP contribution >= 0.6 is 11.3 Å². The molecule has 0 fully saturated rings. The quantitative estimate of drug-likeness (QED) is 0.699. The zero-order valence-electron chi connectivity index (χ0n) is 13.1. The van der Waals surface area contributed by atoms with E-state index in [2.05, 4.69) is 10.3 Å². The summed E-state index contributed by atoms with van der Waals surface area (Å²) in [5.41, 5.74) is 2.78. The summed E-state index contributed by atoms with van der Waals surface area (Å²) in [6.07, 6.45) is 3.22. The monoisotopic (exact) mass is 336 g/mol. The highest BCUT2D eigenvalue weighted by atomic mass is 32.1. The van der Waals surface area contributed by atoms with Crippen LogP contribution in [0.5, 0.6) is 5.75 Å². The van der Waals surface area contributed by atoms with Crippen LogP contribution in [0, 0.1) is 0 Å². The van der Waals surface area contributed by atoms with Crippen LogP contribution in [-0.2, 0) is 4.79 Å². The Labute approximate surface area is 144 Å². The number of hydrogen-bond acceptors (Lipinski definition) is 4. The lowest BCUT2D eigenvalue weighted by Gasteiger charge is -2.00. The molecule has 4 nitrogen and oxygen atoms in total. The number of ether oxygens (including phenoxy) is 1. The Morgan fingerprint density at radius 3 is 2.79 bits per heavy atom. The number of methoxy groups -OCH3 is 1. The van der Waals surface area contributed by atoms with Crippen molar-refractivity contribution in [2.24, 2.45) is 0 Å². The first-order valence-corrected chi connectivity index (χ1v) is 8.26. The number of benzene rings is 2. The number of nitrogens with one attached hydrogen (secondary N) is 1. The van der Waals surface area contributed by atoms with Crippen LogP contribution in [-0.4, -0.2) is 18.0 Å². The zero-order chi connectivity index (χ0) is 16.8. The largest absolute Gasteiger partial charge is 0.497 e. The van der Waals surface area contributed by atoms with Crippen LogP contribution in [0.25, 0.3) is 17.3 Å². The van der Waals surface area contributed by atoms with Gasteiger partial charge in [0.15, 0.2) is 5.13 Å². The highest BCUT2D eigenvalue weighted by Crippen LogP contribution is 2.24. The van der Waals surface area contributed by atoms with Crippen LogP contribution < -0.4 is 10.1 Å². The van der Waals surface area contributed by atoms with Crippen molar-refractivity contribution in [1.82, 2.24) is 4.98 Å². The summed E-state index contributed by atoms with van der Waals surface area (Å²) in [5.74, 6) is 0.539. The summed E-state index contributed by atoms with van der Waals surface area (Å²) < 4.78 is 5.16. The lowest BCUT2D eigenvalue weighted by atomic mass is 10.2. The summed E-state index contributed by atoms with van der Waals surface area (Å²) in [6.45, 7) is 0. The molecule has 120 valence electrons. The van der Waals surface area contributed by atoms with Crippen molar-refractivity contribution in [3.8, 4) is 17.0 Å². The van der Waals surface area contributed by atoms with Gasteiger partial charge in [0, 0.05) is 17.0 Å². The van der Waals surface area contributed by atoms with Gasteiger partial charge in [-0.15, -0.1) is 11.3 Å². The van der Waals surface area contributed by atoms with E-state index in [0.717, 1.165) is 22.6 Å². The fourth-order valence-corrected chi connectivity index (χ4v) is 2.86. The smallest absolute Gasteiger partial charge is 0.250 e. The molecule has 0 aliphatic rings. The normalized spacial score (nSPS) is 10.7. The summed E-state index contributed by atoms with van der Waals surface area (Å²) in [7, 11) is 1.61. The minimum absolute atomic E-state index is 0.216. The fraction of sp³-hybridized carbons (Fsp3) is 0.0526. The number of aromatic nitrogens is 1. The second-order valence-electron chi connectivity index (χ2n) is 5.00. The number of anilines is 1. The van der Waals surface area contributed by atoms with E-state index >= 15 is 0 Å². The third-order valence-electron chi connectivity index (χ3n) is 3.32. The molecule has 3 aromatic rings. The fourth-order valence-electron chi connectivity index (χ4n) is 2.14. The van der Waals surface area contributed by atoms with Gasteiger partial charge in [0.1, 0.15) is 5.75 Å². The molecule has 0 saturated heterocycles. The Morgan fingerprint density at radius 1 is 1.17 bits per heavy atom. The first kappa shape index (κ1) is 16.0. The molecular formula is C19H16N2O2S. The standard InChI is InChI=1S/C19H16N2O2S/c1-23-16-9-5-6-14(12-16)10-11-18(22)21-19-20-17(13-24-19)15-7-3-2-4-8-15/h2-13H,1H3,(H,20,21,22)/b11-10+. The van der Waals surface area contributed by atoms with Gasteiger partial charge in [0.05, 0.1) is 12.8 Å². The maximum absolute atomic E-state index is 12.0. The molecule has 0 aliphatic carbocycles. The van der Waals surface area contributed by atoms with Gasteiger partial charge in [-0.2, -0.15) is 0 Å². The number of carbonyl (C=O) groups is 1. The maximum atomic E-state index is 12.0. The van der Waals surface area contributed by atoms with Gasteiger partial charge >= 0.3 is 0 Å². The van der Waals surface area contributed by atoms with Gasteiger partial charge in [-0.1, -0.05) is 42.5 Å². The topological polar surface area (TPSA) is 51.2 Å². The number of carbonyl (C=O) groups excluding carboxylic acids is 1. The molecule has 0 spiro atoms. The molecule has 1 heterocycles. The van der Waals surface area contributed by atoms with Crippen molar-refractivity contribution >= 4 is 28.5 Å². The van der Waals surface area contributed by atoms with Crippen LogP contribution in [0.3, 0.4) is 0 Å². The van der Waals surface area contributed by atoms with Gasteiger partial charge in [-0.05, 0) is 23.8 Å². The van der Waals surface area contributed by atoms with Crippen molar-refractivity contribution in [2.45, 2.75) is 0 Å². The molecular weight excluding hydrogens is 320 g/mol. The van der Waals surface area contributed by atoms with E-state index in [9.17, 15) is 4.79 Å². The molecule has 0 radical (unpaired) electrons. The van der Waals surface area contributed by atoms with Gasteiger partial charge in [-0.3, -0.25) is 10.1 Å². The number of amides is 1. The molecule has 1 amide bonds. The third kappa shape index (κ3) is 4.08. The highest BCUT2D eigenvalue weighted by Gasteiger charge is 2.06. The van der Waals surface area contributed by atoms with E-state index in [0.29, 0.717) is 5.13 Å². The molecule has 0 saturated carbocycles. The van der Waals surface area contributed by atoms with E-state index in [1.54, 1.807) is 13.2 Å². The predicted octanol–water partition coefficient (Wildman–Crippen LogP) is 4.47. The van der Waals surface area contributed by atoms with E-state index in [1.165, 1.54) is 17.4 Å². The van der Waals surface area contributed by atoms with Gasteiger partial charge in [-0.25, -0.2) is 4.98 Å². The van der Waals surface area contributed by atoms with Crippen LogP contribution in [0.4, 0.5) is 5.13 Å². The van der Waals surface area contributed by atoms with E-state index in [1.807, 2.05) is 60.0 Å². The van der Waals surface area contributed by atoms with Crippen LogP contribution in [0.2, 0.25) is 0 Å². The summed E-state index contributed by atoms with van der Waals surface area (Å²) in [4.78, 5) is 16.5. The number of rotatable bonds is 5. The average molecular weight is 336 g/mol. The molecule has 0 aliphatic heterocycles. The molecule has 1 aromatic heterocycles. The molecule has 3 rings (SSSR count). The molecule has 2 aromatic carbocycles. The number of thiazole rings is 1. The zero-order valence-corrected chi connectivity index (χ0v) is 13.9. The Morgan fingerprint density at radius 2 is 2.00 bits per heavy atom. The Hall–Kier alpha value is -2.92. The van der Waals surface area contributed by atoms with E-state index < -0.39 is 0 Å². The third-order valence-corrected chi connectivity index (χ3v) is 4.08. The lowest BCUT2D eigenvalue weighted by Crippen LogP contribution is -2.07. The van der Waals surface area contributed by atoms with Crippen molar-refractivity contribution in [3.05, 3.63) is 71.6 Å². The SMILES string of the molecule is COc1cccc(/C=C/C(=O)Nc2nc(-c3ccccc3)cs2)c1. The van der Waals surface area contributed by atoms with Gasteiger partial charge in [0.2, 0.25) is 5.91 Å². The summed E-state index contributed by atoms with van der Waals surface area (Å²) in [5, 5.41) is 5.29. The summed E-state index contributed by atoms with van der Waals surface area (Å²) >= 11 is 1.40. The minimum Gasteiger partial charge on any atom is -0.497 e. The Kier molecular flexibility index (Phi) is 5.03. The second kappa shape index (κ2) is 7.57. The second-order valence-corrected chi connectivity index (χ2v) is 5.86. The lowest BCUT2D eigenvalue weighted by molar-refractivity contribution is -0.111. The minimum atomic E-state index is -0.216. The first-order chi connectivity index (χ1) is 11.7. The molecule has 0 atom stereocenters. The molecule has 5 heteroatoms. The average Bonchev–Trinajstić information content (AvgIpc) is 3.09. The number of hydrogen-bond donors (Lipinski definition) is 1. The first-order valence-electron chi connectivity index (χ1n) is 7.38. The van der Waals surface area contributed by atoms with Crippen LogP contribution in [0.1, 0.15) is 5.56 Å². The summed E-state index contributed by atoms with van der Waals surface area (Å²) in [6, 6.07) is 17.4. The predicted molar refractivity (Wildman–Crippen MR) is 98.2 cm³/mol. The molecule has 0 bridgehead atoms. The highest BCUT2D eigenvalue weighted by molar-refractivity contribution is 7.14. The molecule has 0 unspecified atom stereocenters. The van der Waals surface area contributed by atoms with Crippen LogP contribution in [0.15, 0.2) is 66.1 Å². The van der Waals surface area contributed by atoms with E-state index in [-0.39, 0.29) is 5.91 Å². The van der Waals surface area contributed by atoms with Gasteiger partial charge in [0.25, 0.3) is 0 Å². The number of nitrogens with zero attached hydrogens (tertiary/aromatic N) is 1. The van der Waals surface area contributed by atoms with Crippen molar-refractivity contribution in [2.75, 3.05) is 12.4 Å². The maximum Gasteiger partial charge on any atom is 0.250 e. The Bertz CT molecular complexity index is 857. The van der Waals surface area contributed by atoms with Crippen molar-refractivity contribution < 1.29 is 9.53 Å². The van der Waals surface area contributed by atoms with Crippen molar-refractivity contribution in [3.63, 3.8) is 0 Å².